The molecule has 156 valence electrons. The molecule has 3 nitrogen and oxygen atoms in total. The molecule has 3 aliphatic rings. The predicted octanol–water partition coefficient (Wildman–Crippen LogP) is 6.57. The van der Waals surface area contributed by atoms with Gasteiger partial charge in [-0.2, -0.15) is 0 Å². The number of imidazole rings is 1. The van der Waals surface area contributed by atoms with Crippen molar-refractivity contribution in [2.75, 3.05) is 4.90 Å². The number of hydrogen-bond acceptors (Lipinski definition) is 2. The van der Waals surface area contributed by atoms with Crippen molar-refractivity contribution in [2.45, 2.75) is 84.2 Å². The Morgan fingerprint density at radius 2 is 1.77 bits per heavy atom. The van der Waals surface area contributed by atoms with Crippen molar-refractivity contribution in [3.63, 3.8) is 0 Å². The lowest BCUT2D eigenvalue weighted by Crippen LogP contribution is -2.44. The number of para-hydroxylation sites is 1. The Morgan fingerprint density at radius 1 is 1.00 bits per heavy atom. The molecule has 6 rings (SSSR count). The van der Waals surface area contributed by atoms with Gasteiger partial charge in [-0.25, -0.2) is 4.98 Å². The Hall–Kier alpha value is -2.29. The molecule has 1 aliphatic carbocycles. The Morgan fingerprint density at radius 3 is 2.57 bits per heavy atom. The first kappa shape index (κ1) is 18.5. The molecule has 0 bridgehead atoms. The lowest BCUT2D eigenvalue weighted by Gasteiger charge is -2.41. The van der Waals surface area contributed by atoms with Crippen molar-refractivity contribution >= 4 is 16.7 Å². The quantitative estimate of drug-likeness (QED) is 0.361. The summed E-state index contributed by atoms with van der Waals surface area (Å²) in [6, 6.07) is 14.1. The molecule has 0 amide bonds. The number of aryl methyl sites for hydroxylation is 1. The third kappa shape index (κ3) is 2.41. The first-order valence-electron chi connectivity index (χ1n) is 11.8. The van der Waals surface area contributed by atoms with Gasteiger partial charge in [0.15, 0.2) is 0 Å². The highest BCUT2D eigenvalue weighted by Crippen LogP contribution is 2.56. The molecule has 2 aliphatic heterocycles. The molecule has 30 heavy (non-hydrogen) atoms. The lowest BCUT2D eigenvalue weighted by atomic mass is 9.68. The van der Waals surface area contributed by atoms with E-state index >= 15 is 0 Å². The second-order valence-electron chi connectivity index (χ2n) is 10.8. The van der Waals surface area contributed by atoms with E-state index in [0.717, 1.165) is 11.9 Å². The van der Waals surface area contributed by atoms with Gasteiger partial charge in [-0.1, -0.05) is 37.5 Å². The average molecular weight is 400 g/mol. The number of rotatable bonds is 1. The molecule has 0 radical (unpaired) electrons. The predicted molar refractivity (Wildman–Crippen MR) is 125 cm³/mol. The molecule has 1 saturated carbocycles. The summed E-state index contributed by atoms with van der Waals surface area (Å²) in [6.45, 7) is 9.71. The fourth-order valence-electron chi connectivity index (χ4n) is 7.24. The summed E-state index contributed by atoms with van der Waals surface area (Å²) in [7, 11) is 0. The van der Waals surface area contributed by atoms with Crippen molar-refractivity contribution < 1.29 is 0 Å². The zero-order chi connectivity index (χ0) is 20.7. The van der Waals surface area contributed by atoms with Crippen LogP contribution in [0.25, 0.3) is 16.7 Å². The van der Waals surface area contributed by atoms with Gasteiger partial charge in [-0.05, 0) is 81.7 Å². The number of fused-ring (bicyclic) bond motifs is 5. The highest BCUT2D eigenvalue weighted by Gasteiger charge is 2.53. The van der Waals surface area contributed by atoms with Crippen LogP contribution in [0.2, 0.25) is 0 Å². The Balaban J connectivity index is 1.51. The third-order valence-corrected chi connectivity index (χ3v) is 8.44. The molecule has 1 spiro atoms. The van der Waals surface area contributed by atoms with E-state index in [2.05, 4.69) is 73.6 Å². The summed E-state index contributed by atoms with van der Waals surface area (Å²) in [6.07, 6.45) is 9.26. The van der Waals surface area contributed by atoms with Gasteiger partial charge in [0.1, 0.15) is 5.82 Å². The summed E-state index contributed by atoms with van der Waals surface area (Å²) >= 11 is 0. The SMILES string of the molecule is Cc1cc2nc3n(c2cc1N1C(C)C2(CCCCC2)CC1(C)C)-c1ccccc1C3. The molecular weight excluding hydrogens is 366 g/mol. The van der Waals surface area contributed by atoms with E-state index in [9.17, 15) is 0 Å². The van der Waals surface area contributed by atoms with Gasteiger partial charge in [0.05, 0.1) is 16.7 Å². The molecule has 1 atom stereocenters. The first-order chi connectivity index (χ1) is 14.4. The van der Waals surface area contributed by atoms with Crippen molar-refractivity contribution in [3.05, 3.63) is 53.3 Å². The third-order valence-electron chi connectivity index (χ3n) is 8.44. The largest absolute Gasteiger partial charge is 0.363 e. The minimum Gasteiger partial charge on any atom is -0.363 e. The second kappa shape index (κ2) is 6.12. The average Bonchev–Trinajstić information content (AvgIpc) is 3.29. The molecule has 1 aromatic heterocycles. The van der Waals surface area contributed by atoms with Crippen LogP contribution in [0.5, 0.6) is 0 Å². The number of nitrogens with zero attached hydrogens (tertiary/aromatic N) is 3. The standard InChI is InChI=1S/C27H33N3/c1-18-14-21-24(29-22-11-7-6-10-20(22)15-25(29)28-21)16-23(18)30-19(2)27(17-26(30,3)4)12-8-5-9-13-27/h6-7,10-11,14,16,19H,5,8-9,12-13,15,17H2,1-4H3. The molecule has 2 fully saturated rings. The summed E-state index contributed by atoms with van der Waals surface area (Å²) in [5, 5.41) is 0. The molecule has 3 aromatic rings. The zero-order valence-corrected chi connectivity index (χ0v) is 18.8. The van der Waals surface area contributed by atoms with Gasteiger partial charge < -0.3 is 4.90 Å². The summed E-state index contributed by atoms with van der Waals surface area (Å²) in [5.74, 6) is 1.18. The summed E-state index contributed by atoms with van der Waals surface area (Å²) < 4.78 is 2.40. The van der Waals surface area contributed by atoms with Gasteiger partial charge in [-0.15, -0.1) is 0 Å². The van der Waals surface area contributed by atoms with E-state index in [1.807, 2.05) is 0 Å². The highest BCUT2D eigenvalue weighted by molar-refractivity contribution is 5.86. The van der Waals surface area contributed by atoms with Crippen LogP contribution in [0.1, 0.15) is 76.2 Å². The van der Waals surface area contributed by atoms with E-state index < -0.39 is 0 Å². The molecule has 1 unspecified atom stereocenters. The van der Waals surface area contributed by atoms with E-state index in [4.69, 9.17) is 4.98 Å². The molecular formula is C27H33N3. The maximum atomic E-state index is 5.02. The maximum Gasteiger partial charge on any atom is 0.118 e. The smallest absolute Gasteiger partial charge is 0.118 e. The van der Waals surface area contributed by atoms with Crippen LogP contribution >= 0.6 is 0 Å². The van der Waals surface area contributed by atoms with Gasteiger partial charge in [0.25, 0.3) is 0 Å². The van der Waals surface area contributed by atoms with Gasteiger partial charge in [0.2, 0.25) is 0 Å². The van der Waals surface area contributed by atoms with Crippen LogP contribution in [0.4, 0.5) is 5.69 Å². The van der Waals surface area contributed by atoms with Crippen molar-refractivity contribution in [1.29, 1.82) is 0 Å². The first-order valence-corrected chi connectivity index (χ1v) is 11.8. The second-order valence-corrected chi connectivity index (χ2v) is 10.8. The van der Waals surface area contributed by atoms with Crippen molar-refractivity contribution in [1.82, 2.24) is 9.55 Å². The molecule has 3 heterocycles. The fourth-order valence-corrected chi connectivity index (χ4v) is 7.24. The molecule has 0 N–H and O–H groups in total. The van der Waals surface area contributed by atoms with Crippen molar-refractivity contribution in [2.24, 2.45) is 5.41 Å². The van der Waals surface area contributed by atoms with Crippen LogP contribution in [0.15, 0.2) is 36.4 Å². The number of aromatic nitrogens is 2. The Labute approximate surface area is 180 Å². The van der Waals surface area contributed by atoms with E-state index in [0.29, 0.717) is 11.5 Å². The van der Waals surface area contributed by atoms with Gasteiger partial charge >= 0.3 is 0 Å². The Bertz CT molecular complexity index is 1150. The highest BCUT2D eigenvalue weighted by atomic mass is 15.3. The number of anilines is 1. The van der Waals surface area contributed by atoms with Crippen molar-refractivity contribution in [3.8, 4) is 5.69 Å². The monoisotopic (exact) mass is 399 g/mol. The summed E-state index contributed by atoms with van der Waals surface area (Å²) in [5.41, 5.74) is 8.54. The topological polar surface area (TPSA) is 21.1 Å². The van der Waals surface area contributed by atoms with Crippen LogP contribution < -0.4 is 4.90 Å². The number of benzene rings is 2. The van der Waals surface area contributed by atoms with Crippen LogP contribution in [-0.4, -0.2) is 21.1 Å². The maximum absolute atomic E-state index is 5.02. The van der Waals surface area contributed by atoms with E-state index in [1.165, 1.54) is 72.4 Å². The molecule has 3 heteroatoms. The van der Waals surface area contributed by atoms with Gasteiger partial charge in [0, 0.05) is 23.7 Å². The lowest BCUT2D eigenvalue weighted by molar-refractivity contribution is 0.170. The number of hydrogen-bond donors (Lipinski definition) is 0. The molecule has 1 saturated heterocycles. The normalized spacial score (nSPS) is 23.9. The zero-order valence-electron chi connectivity index (χ0n) is 18.8. The summed E-state index contributed by atoms with van der Waals surface area (Å²) in [4.78, 5) is 7.79. The van der Waals surface area contributed by atoms with Gasteiger partial charge in [-0.3, -0.25) is 4.57 Å². The minimum absolute atomic E-state index is 0.182. The minimum atomic E-state index is 0.182. The fraction of sp³-hybridized carbons (Fsp3) is 0.519. The molecule has 2 aromatic carbocycles. The van der Waals surface area contributed by atoms with E-state index in [-0.39, 0.29) is 5.54 Å². The van der Waals surface area contributed by atoms with E-state index in [1.54, 1.807) is 0 Å². The van der Waals surface area contributed by atoms with Crippen LogP contribution in [0, 0.1) is 12.3 Å². The van der Waals surface area contributed by atoms with Crippen LogP contribution in [0.3, 0.4) is 0 Å². The van der Waals surface area contributed by atoms with Crippen LogP contribution in [-0.2, 0) is 6.42 Å². The Kier molecular flexibility index (Phi) is 3.77.